The maximum Gasteiger partial charge on any atom is 0.306 e. The molecule has 0 rings (SSSR count). The van der Waals surface area contributed by atoms with E-state index in [0.29, 0.717) is 19.3 Å². The molecule has 0 aromatic heterocycles. The number of ether oxygens (including phenoxy) is 3. The average molecular weight is 835 g/mol. The summed E-state index contributed by atoms with van der Waals surface area (Å²) in [5, 5.41) is 0. The Kier molecular flexibility index (Phi) is 47.7. The molecule has 350 valence electrons. The van der Waals surface area contributed by atoms with Gasteiger partial charge in [0.1, 0.15) is 13.2 Å². The van der Waals surface area contributed by atoms with Crippen molar-refractivity contribution in [2.45, 2.75) is 309 Å². The summed E-state index contributed by atoms with van der Waals surface area (Å²) in [5.41, 5.74) is 0. The Morgan fingerprint density at radius 3 is 0.678 bits per heavy atom. The highest BCUT2D eigenvalue weighted by Crippen LogP contribution is 2.17. The molecule has 0 aromatic carbocycles. The van der Waals surface area contributed by atoms with E-state index in [-0.39, 0.29) is 31.1 Å². The summed E-state index contributed by atoms with van der Waals surface area (Å²) in [7, 11) is 0. The molecule has 0 N–H and O–H groups in total. The van der Waals surface area contributed by atoms with Crippen LogP contribution in [0.1, 0.15) is 303 Å². The van der Waals surface area contributed by atoms with Crippen LogP contribution in [0.15, 0.2) is 0 Å². The van der Waals surface area contributed by atoms with Gasteiger partial charge in [0, 0.05) is 19.3 Å². The van der Waals surface area contributed by atoms with Gasteiger partial charge < -0.3 is 14.2 Å². The van der Waals surface area contributed by atoms with Crippen molar-refractivity contribution in [2.75, 3.05) is 13.2 Å². The number of carbonyl (C=O) groups excluding carboxylic acids is 3. The molecule has 0 aliphatic heterocycles. The zero-order valence-electron chi connectivity index (χ0n) is 40.1. The normalized spacial score (nSPS) is 11.8. The molecule has 0 unspecified atom stereocenters. The summed E-state index contributed by atoms with van der Waals surface area (Å²) in [6.45, 7) is 6.67. The Bertz CT molecular complexity index is 874. The first-order valence-electron chi connectivity index (χ1n) is 26.5. The lowest BCUT2D eigenvalue weighted by atomic mass is 10.0. The third-order valence-corrected chi connectivity index (χ3v) is 12.1. The molecule has 0 aromatic rings. The van der Waals surface area contributed by atoms with Crippen LogP contribution in [0.4, 0.5) is 0 Å². The maximum atomic E-state index is 12.8. The van der Waals surface area contributed by atoms with Crippen LogP contribution in [0, 0.1) is 0 Å². The Morgan fingerprint density at radius 2 is 0.458 bits per heavy atom. The number of hydrogen-bond acceptors (Lipinski definition) is 6. The van der Waals surface area contributed by atoms with Crippen LogP contribution in [0.2, 0.25) is 0 Å². The molecule has 59 heavy (non-hydrogen) atoms. The van der Waals surface area contributed by atoms with Crippen LogP contribution < -0.4 is 0 Å². The number of unbranched alkanes of at least 4 members (excludes halogenated alkanes) is 38. The van der Waals surface area contributed by atoms with Gasteiger partial charge in [-0.1, -0.05) is 265 Å². The third-order valence-electron chi connectivity index (χ3n) is 12.1. The van der Waals surface area contributed by atoms with Gasteiger partial charge in [0.25, 0.3) is 0 Å². The fourth-order valence-corrected chi connectivity index (χ4v) is 8.09. The fraction of sp³-hybridized carbons (Fsp3) is 0.943. The first-order chi connectivity index (χ1) is 29.0. The fourth-order valence-electron chi connectivity index (χ4n) is 8.09. The van der Waals surface area contributed by atoms with Gasteiger partial charge in [-0.3, -0.25) is 14.4 Å². The molecular weight excluding hydrogens is 733 g/mol. The topological polar surface area (TPSA) is 78.9 Å². The van der Waals surface area contributed by atoms with Crippen molar-refractivity contribution in [1.29, 1.82) is 0 Å². The van der Waals surface area contributed by atoms with Gasteiger partial charge >= 0.3 is 17.9 Å². The van der Waals surface area contributed by atoms with Gasteiger partial charge in [0.15, 0.2) is 6.10 Å². The lowest BCUT2D eigenvalue weighted by Crippen LogP contribution is -2.30. The number of rotatable bonds is 49. The van der Waals surface area contributed by atoms with E-state index in [9.17, 15) is 14.4 Å². The van der Waals surface area contributed by atoms with Gasteiger partial charge in [-0.25, -0.2) is 0 Å². The van der Waals surface area contributed by atoms with Crippen molar-refractivity contribution in [2.24, 2.45) is 0 Å². The summed E-state index contributed by atoms with van der Waals surface area (Å²) < 4.78 is 16.8. The molecule has 6 nitrogen and oxygen atoms in total. The minimum atomic E-state index is -0.759. The summed E-state index contributed by atoms with van der Waals surface area (Å²) >= 11 is 0. The van der Waals surface area contributed by atoms with Crippen molar-refractivity contribution in [3.05, 3.63) is 0 Å². The van der Waals surface area contributed by atoms with Gasteiger partial charge in [0.2, 0.25) is 0 Å². The van der Waals surface area contributed by atoms with Crippen LogP contribution in [0.25, 0.3) is 0 Å². The minimum absolute atomic E-state index is 0.0619. The molecule has 0 fully saturated rings. The largest absolute Gasteiger partial charge is 0.462 e. The van der Waals surface area contributed by atoms with Crippen molar-refractivity contribution in [1.82, 2.24) is 0 Å². The molecule has 0 aliphatic rings. The van der Waals surface area contributed by atoms with E-state index in [0.717, 1.165) is 57.8 Å². The van der Waals surface area contributed by atoms with Crippen LogP contribution in [0.3, 0.4) is 0 Å². The standard InChI is InChI=1S/C53H102O6/c1-4-7-10-13-16-19-21-23-24-25-26-27-28-30-31-34-37-40-43-46-52(55)58-49-50(48-57-51(54)45-42-39-36-33-18-15-12-9-6-3)59-53(56)47-44-41-38-35-32-29-22-20-17-14-11-8-5-2/h50H,4-49H2,1-3H3/t50-/m1/s1. The van der Waals surface area contributed by atoms with Gasteiger partial charge in [-0.05, 0) is 19.3 Å². The predicted octanol–water partition coefficient (Wildman–Crippen LogP) is 17.2. The van der Waals surface area contributed by atoms with Crippen molar-refractivity contribution in [3.8, 4) is 0 Å². The molecule has 0 heterocycles. The van der Waals surface area contributed by atoms with E-state index in [2.05, 4.69) is 20.8 Å². The number of hydrogen-bond donors (Lipinski definition) is 0. The first kappa shape index (κ1) is 57.4. The van der Waals surface area contributed by atoms with E-state index in [4.69, 9.17) is 14.2 Å². The smallest absolute Gasteiger partial charge is 0.306 e. The lowest BCUT2D eigenvalue weighted by molar-refractivity contribution is -0.167. The number of esters is 3. The second-order valence-electron chi connectivity index (χ2n) is 18.2. The van der Waals surface area contributed by atoms with Crippen LogP contribution in [0.5, 0.6) is 0 Å². The summed E-state index contributed by atoms with van der Waals surface area (Å²) in [4.78, 5) is 37.9. The van der Waals surface area contributed by atoms with E-state index < -0.39 is 6.10 Å². The van der Waals surface area contributed by atoms with Gasteiger partial charge in [-0.15, -0.1) is 0 Å². The molecule has 0 bridgehead atoms. The van der Waals surface area contributed by atoms with Crippen LogP contribution in [-0.4, -0.2) is 37.2 Å². The van der Waals surface area contributed by atoms with Gasteiger partial charge in [0.05, 0.1) is 0 Å². The second kappa shape index (κ2) is 49.1. The maximum absolute atomic E-state index is 12.8. The first-order valence-corrected chi connectivity index (χ1v) is 26.5. The monoisotopic (exact) mass is 835 g/mol. The average Bonchev–Trinajstić information content (AvgIpc) is 3.23. The molecule has 0 saturated carbocycles. The quantitative estimate of drug-likeness (QED) is 0.0345. The van der Waals surface area contributed by atoms with E-state index in [1.54, 1.807) is 0 Å². The van der Waals surface area contributed by atoms with Crippen molar-refractivity contribution in [3.63, 3.8) is 0 Å². The Morgan fingerprint density at radius 1 is 0.271 bits per heavy atom. The number of carbonyl (C=O) groups is 3. The zero-order chi connectivity index (χ0) is 43.0. The summed E-state index contributed by atoms with van der Waals surface area (Å²) in [6.07, 6.45) is 52.4. The third kappa shape index (κ3) is 47.3. The minimum Gasteiger partial charge on any atom is -0.462 e. The van der Waals surface area contributed by atoms with Crippen molar-refractivity contribution < 1.29 is 28.6 Å². The van der Waals surface area contributed by atoms with Gasteiger partial charge in [-0.2, -0.15) is 0 Å². The van der Waals surface area contributed by atoms with E-state index in [1.807, 2.05) is 0 Å². The second-order valence-corrected chi connectivity index (χ2v) is 18.2. The predicted molar refractivity (Wildman–Crippen MR) is 252 cm³/mol. The highest BCUT2D eigenvalue weighted by Gasteiger charge is 2.19. The molecule has 0 saturated heterocycles. The Balaban J connectivity index is 4.20. The van der Waals surface area contributed by atoms with Crippen LogP contribution in [-0.2, 0) is 28.6 Å². The summed E-state index contributed by atoms with van der Waals surface area (Å²) in [6, 6.07) is 0. The zero-order valence-corrected chi connectivity index (χ0v) is 40.1. The lowest BCUT2D eigenvalue weighted by Gasteiger charge is -2.18. The van der Waals surface area contributed by atoms with Crippen LogP contribution >= 0.6 is 0 Å². The molecule has 1 atom stereocenters. The summed E-state index contributed by atoms with van der Waals surface area (Å²) in [5.74, 6) is -0.843. The van der Waals surface area contributed by atoms with Crippen molar-refractivity contribution >= 4 is 17.9 Å². The SMILES string of the molecule is CCCCCCCCCCCCCCCCCCCCCC(=O)OC[C@@H](COC(=O)CCCCCCCCCCC)OC(=O)CCCCCCCCCCCCCCC. The molecule has 6 heteroatoms. The highest BCUT2D eigenvalue weighted by atomic mass is 16.6. The molecule has 0 aliphatic carbocycles. The molecule has 0 spiro atoms. The Hall–Kier alpha value is -1.59. The molecule has 0 radical (unpaired) electrons. The van der Waals surface area contributed by atoms with E-state index >= 15 is 0 Å². The highest BCUT2D eigenvalue weighted by molar-refractivity contribution is 5.71. The molecule has 0 amide bonds. The molecular formula is C53H102O6. The van der Waals surface area contributed by atoms with E-state index in [1.165, 1.54) is 205 Å². The Labute approximate surface area is 368 Å².